The smallest absolute Gasteiger partial charge is 0.242 e. The van der Waals surface area contributed by atoms with E-state index in [1.165, 1.54) is 0 Å². The molecule has 1 amide bonds. The summed E-state index contributed by atoms with van der Waals surface area (Å²) in [6, 6.07) is -0.395. The first-order valence-electron chi connectivity index (χ1n) is 6.51. The van der Waals surface area contributed by atoms with Gasteiger partial charge in [-0.25, -0.2) is 0 Å². The molecule has 0 aromatic heterocycles. The van der Waals surface area contributed by atoms with Crippen molar-refractivity contribution in [1.29, 1.82) is 0 Å². The molecule has 18 heavy (non-hydrogen) atoms. The number of aliphatic hydroxyl groups is 1. The number of likely N-dealkylation sites (N-methyl/N-ethyl adjacent to an activating group) is 2. The molecule has 0 aromatic carbocycles. The van der Waals surface area contributed by atoms with Gasteiger partial charge in [-0.3, -0.25) is 9.69 Å². The number of aliphatic hydroxyl groups excluding tert-OH is 1. The zero-order valence-corrected chi connectivity index (χ0v) is 12.3. The van der Waals surface area contributed by atoms with Gasteiger partial charge >= 0.3 is 0 Å². The second kappa shape index (κ2) is 5.99. The molecule has 1 N–H and O–H groups in total. The van der Waals surface area contributed by atoms with Crippen molar-refractivity contribution < 1.29 is 9.90 Å². The first-order chi connectivity index (χ1) is 8.26. The fraction of sp³-hybridized carbons (Fsp3) is 0.923. The van der Waals surface area contributed by atoms with E-state index < -0.39 is 6.04 Å². The lowest BCUT2D eigenvalue weighted by Gasteiger charge is -2.30. The molecule has 5 nitrogen and oxygen atoms in total. The number of amides is 1. The van der Waals surface area contributed by atoms with Crippen molar-refractivity contribution >= 4 is 5.91 Å². The van der Waals surface area contributed by atoms with E-state index in [0.717, 1.165) is 26.2 Å². The van der Waals surface area contributed by atoms with Gasteiger partial charge in [-0.2, -0.15) is 0 Å². The lowest BCUT2D eigenvalue weighted by atomic mass is 9.92. The van der Waals surface area contributed by atoms with Gasteiger partial charge in [-0.05, 0) is 26.6 Å². The van der Waals surface area contributed by atoms with Gasteiger partial charge in [0.05, 0.1) is 6.61 Å². The Balaban J connectivity index is 2.82. The van der Waals surface area contributed by atoms with E-state index in [-0.39, 0.29) is 17.9 Å². The lowest BCUT2D eigenvalue weighted by molar-refractivity contribution is -0.136. The third-order valence-electron chi connectivity index (χ3n) is 3.42. The molecule has 106 valence electrons. The Kier molecular flexibility index (Phi) is 5.13. The number of nitrogens with zero attached hydrogens (tertiary/aromatic N) is 3. The highest BCUT2D eigenvalue weighted by Gasteiger charge is 2.37. The molecule has 1 atom stereocenters. The summed E-state index contributed by atoms with van der Waals surface area (Å²) in [4.78, 5) is 18.3. The maximum absolute atomic E-state index is 12.4. The van der Waals surface area contributed by atoms with Crippen LogP contribution in [0.3, 0.4) is 0 Å². The molecular weight excluding hydrogens is 230 g/mol. The summed E-state index contributed by atoms with van der Waals surface area (Å²) in [5.41, 5.74) is 0.0562. The SMILES string of the molecule is CN(C)CCN1CC(C)(C)CN(C)C(CO)C1=O. The Hall–Kier alpha value is -0.650. The average molecular weight is 257 g/mol. The minimum absolute atomic E-state index is 0.0485. The van der Waals surface area contributed by atoms with Gasteiger partial charge < -0.3 is 14.9 Å². The fourth-order valence-electron chi connectivity index (χ4n) is 2.56. The Morgan fingerprint density at radius 1 is 1.39 bits per heavy atom. The Morgan fingerprint density at radius 2 is 2.00 bits per heavy atom. The molecule has 0 aliphatic carbocycles. The maximum atomic E-state index is 12.4. The first-order valence-corrected chi connectivity index (χ1v) is 6.51. The Labute approximate surface area is 110 Å². The van der Waals surface area contributed by atoms with E-state index in [0.29, 0.717) is 0 Å². The van der Waals surface area contributed by atoms with E-state index in [1.807, 2.05) is 30.9 Å². The zero-order chi connectivity index (χ0) is 13.9. The average Bonchev–Trinajstić information content (AvgIpc) is 2.30. The summed E-state index contributed by atoms with van der Waals surface area (Å²) in [6.07, 6.45) is 0. The van der Waals surface area contributed by atoms with Crippen LogP contribution in [-0.2, 0) is 4.79 Å². The van der Waals surface area contributed by atoms with Crippen LogP contribution in [0.25, 0.3) is 0 Å². The zero-order valence-electron chi connectivity index (χ0n) is 12.3. The van der Waals surface area contributed by atoms with Crippen molar-refractivity contribution in [3.05, 3.63) is 0 Å². The van der Waals surface area contributed by atoms with Crippen molar-refractivity contribution in [2.24, 2.45) is 5.41 Å². The van der Waals surface area contributed by atoms with Crippen LogP contribution in [0.1, 0.15) is 13.8 Å². The molecule has 0 saturated carbocycles. The van der Waals surface area contributed by atoms with Crippen LogP contribution in [0.15, 0.2) is 0 Å². The van der Waals surface area contributed by atoms with Crippen LogP contribution >= 0.6 is 0 Å². The van der Waals surface area contributed by atoms with Crippen LogP contribution in [0, 0.1) is 5.41 Å². The Bertz CT molecular complexity index is 292. The molecule has 0 radical (unpaired) electrons. The van der Waals surface area contributed by atoms with Gasteiger partial charge in [-0.15, -0.1) is 0 Å². The highest BCUT2D eigenvalue weighted by Crippen LogP contribution is 2.24. The van der Waals surface area contributed by atoms with Crippen molar-refractivity contribution in [2.45, 2.75) is 19.9 Å². The molecule has 1 saturated heterocycles. The van der Waals surface area contributed by atoms with Crippen LogP contribution in [-0.4, -0.2) is 85.7 Å². The van der Waals surface area contributed by atoms with Gasteiger partial charge in [0.25, 0.3) is 0 Å². The molecule has 1 fully saturated rings. The normalized spacial score (nSPS) is 25.6. The third kappa shape index (κ3) is 3.93. The van der Waals surface area contributed by atoms with E-state index in [1.54, 1.807) is 0 Å². The van der Waals surface area contributed by atoms with Crippen molar-refractivity contribution in [3.8, 4) is 0 Å². The van der Waals surface area contributed by atoms with Gasteiger partial charge in [0.15, 0.2) is 0 Å². The molecular formula is C13H27N3O2. The summed E-state index contributed by atoms with van der Waals surface area (Å²) in [5.74, 6) is 0.0485. The minimum atomic E-state index is -0.395. The second-order valence-corrected chi connectivity index (χ2v) is 6.34. The number of hydrogen-bond donors (Lipinski definition) is 1. The lowest BCUT2D eigenvalue weighted by Crippen LogP contribution is -2.48. The monoisotopic (exact) mass is 257 g/mol. The number of carbonyl (C=O) groups is 1. The van der Waals surface area contributed by atoms with E-state index in [4.69, 9.17) is 0 Å². The molecule has 0 spiro atoms. The quantitative estimate of drug-likeness (QED) is 0.752. The summed E-state index contributed by atoms with van der Waals surface area (Å²) < 4.78 is 0. The van der Waals surface area contributed by atoms with Gasteiger partial charge in [-0.1, -0.05) is 13.8 Å². The van der Waals surface area contributed by atoms with Crippen LogP contribution in [0.2, 0.25) is 0 Å². The number of hydrogen-bond acceptors (Lipinski definition) is 4. The standard InChI is InChI=1S/C13H27N3O2/c1-13(2)9-15(5)11(8-17)12(18)16(10-13)7-6-14(3)4/h11,17H,6-10H2,1-5H3. The van der Waals surface area contributed by atoms with E-state index >= 15 is 0 Å². The summed E-state index contributed by atoms with van der Waals surface area (Å²) in [6.45, 7) is 7.37. The minimum Gasteiger partial charge on any atom is -0.394 e. The fourth-order valence-corrected chi connectivity index (χ4v) is 2.56. The summed E-state index contributed by atoms with van der Waals surface area (Å²) in [5, 5.41) is 9.42. The van der Waals surface area contributed by atoms with Gasteiger partial charge in [0, 0.05) is 26.2 Å². The van der Waals surface area contributed by atoms with Gasteiger partial charge in [0.1, 0.15) is 6.04 Å². The van der Waals surface area contributed by atoms with Crippen LogP contribution in [0.5, 0.6) is 0 Å². The van der Waals surface area contributed by atoms with Crippen molar-refractivity contribution in [3.63, 3.8) is 0 Å². The molecule has 1 unspecified atom stereocenters. The third-order valence-corrected chi connectivity index (χ3v) is 3.42. The molecule has 0 aromatic rings. The maximum Gasteiger partial charge on any atom is 0.242 e. The number of carbonyl (C=O) groups excluding carboxylic acids is 1. The highest BCUT2D eigenvalue weighted by molar-refractivity contribution is 5.82. The molecule has 1 aliphatic rings. The topological polar surface area (TPSA) is 47.0 Å². The van der Waals surface area contributed by atoms with Crippen molar-refractivity contribution in [2.75, 3.05) is 53.9 Å². The molecule has 5 heteroatoms. The number of rotatable bonds is 4. The predicted molar refractivity (Wildman–Crippen MR) is 72.4 cm³/mol. The highest BCUT2D eigenvalue weighted by atomic mass is 16.3. The molecule has 1 heterocycles. The molecule has 1 rings (SSSR count). The predicted octanol–water partition coefficient (Wildman–Crippen LogP) is -0.291. The summed E-state index contributed by atoms with van der Waals surface area (Å²) in [7, 11) is 5.92. The first kappa shape index (κ1) is 15.4. The van der Waals surface area contributed by atoms with Crippen molar-refractivity contribution in [1.82, 2.24) is 14.7 Å². The van der Waals surface area contributed by atoms with E-state index in [9.17, 15) is 9.90 Å². The van der Waals surface area contributed by atoms with Crippen LogP contribution < -0.4 is 0 Å². The second-order valence-electron chi connectivity index (χ2n) is 6.34. The summed E-state index contributed by atoms with van der Waals surface area (Å²) >= 11 is 0. The Morgan fingerprint density at radius 3 is 2.50 bits per heavy atom. The van der Waals surface area contributed by atoms with E-state index in [2.05, 4.69) is 18.7 Å². The molecule has 0 bridgehead atoms. The van der Waals surface area contributed by atoms with Crippen LogP contribution in [0.4, 0.5) is 0 Å². The molecule has 1 aliphatic heterocycles. The largest absolute Gasteiger partial charge is 0.394 e. The van der Waals surface area contributed by atoms with Gasteiger partial charge in [0.2, 0.25) is 5.91 Å².